The fourth-order valence-electron chi connectivity index (χ4n) is 2.33. The normalized spacial score (nSPS) is 11.9. The van der Waals surface area contributed by atoms with Gasteiger partial charge in [-0.3, -0.25) is 0 Å². The molecular weight excluding hydrogens is 308 g/mol. The predicted molar refractivity (Wildman–Crippen MR) is 89.3 cm³/mol. The molecule has 0 fully saturated rings. The first-order valence-electron chi connectivity index (χ1n) is 7.47. The van der Waals surface area contributed by atoms with Crippen LogP contribution in [-0.4, -0.2) is 27.2 Å². The highest BCUT2D eigenvalue weighted by atomic mass is 16.4. The Morgan fingerprint density at radius 2 is 2.25 bits per heavy atom. The summed E-state index contributed by atoms with van der Waals surface area (Å²) in [5.41, 5.74) is 1.54. The number of nitrogens with one attached hydrogen (secondary N) is 2. The third kappa shape index (κ3) is 3.64. The Balaban J connectivity index is 1.60. The summed E-state index contributed by atoms with van der Waals surface area (Å²) in [6.45, 7) is 0.0540. The van der Waals surface area contributed by atoms with E-state index in [1.807, 2.05) is 36.0 Å². The Hall–Kier alpha value is -3.06. The van der Waals surface area contributed by atoms with Crippen molar-refractivity contribution in [3.63, 3.8) is 0 Å². The van der Waals surface area contributed by atoms with E-state index >= 15 is 0 Å². The van der Waals surface area contributed by atoms with Crippen LogP contribution in [0.4, 0.5) is 10.5 Å². The molecule has 0 radical (unpaired) electrons. The number of hydrogen-bond acceptors (Lipinski definition) is 4. The largest absolute Gasteiger partial charge is 0.467 e. The molecule has 1 aromatic carbocycles. The number of aliphatic hydroxyl groups excluding tert-OH is 1. The highest BCUT2D eigenvalue weighted by molar-refractivity contribution is 5.89. The summed E-state index contributed by atoms with van der Waals surface area (Å²) in [6.07, 6.45) is 4.17. The maximum atomic E-state index is 12.0. The van der Waals surface area contributed by atoms with Crippen LogP contribution in [0.15, 0.2) is 59.5 Å². The van der Waals surface area contributed by atoms with Gasteiger partial charge < -0.3 is 24.7 Å². The number of imidazole rings is 1. The topological polar surface area (TPSA) is 92.3 Å². The van der Waals surface area contributed by atoms with Crippen molar-refractivity contribution in [3.8, 4) is 11.4 Å². The summed E-state index contributed by atoms with van der Waals surface area (Å²) in [5.74, 6) is 1.22. The van der Waals surface area contributed by atoms with E-state index in [1.165, 1.54) is 6.26 Å². The van der Waals surface area contributed by atoms with Crippen molar-refractivity contribution in [1.29, 1.82) is 0 Å². The fourth-order valence-corrected chi connectivity index (χ4v) is 2.33. The van der Waals surface area contributed by atoms with Crippen LogP contribution in [0.3, 0.4) is 0 Å². The number of aliphatic hydroxyl groups is 1. The maximum absolute atomic E-state index is 12.0. The lowest BCUT2D eigenvalue weighted by Gasteiger charge is -2.11. The number of aromatic nitrogens is 2. The Kier molecular flexibility index (Phi) is 4.62. The van der Waals surface area contributed by atoms with Gasteiger partial charge in [-0.25, -0.2) is 9.78 Å². The number of nitrogens with zero attached hydrogens (tertiary/aromatic N) is 2. The predicted octanol–water partition coefficient (Wildman–Crippen LogP) is 2.54. The third-order valence-corrected chi connectivity index (χ3v) is 3.53. The SMILES string of the molecule is Cn1ccnc1-c1cccc(NC(=O)NC[C@H](O)c2ccco2)c1. The molecule has 0 saturated carbocycles. The van der Waals surface area contributed by atoms with E-state index in [9.17, 15) is 9.90 Å². The van der Waals surface area contributed by atoms with E-state index in [1.54, 1.807) is 24.4 Å². The van der Waals surface area contributed by atoms with Gasteiger partial charge in [-0.2, -0.15) is 0 Å². The quantitative estimate of drug-likeness (QED) is 0.672. The number of benzene rings is 1. The van der Waals surface area contributed by atoms with Crippen LogP contribution < -0.4 is 10.6 Å². The highest BCUT2D eigenvalue weighted by Crippen LogP contribution is 2.20. The molecule has 2 aromatic heterocycles. The van der Waals surface area contributed by atoms with Crippen LogP contribution in [0.1, 0.15) is 11.9 Å². The molecule has 0 aliphatic carbocycles. The van der Waals surface area contributed by atoms with Crippen molar-refractivity contribution in [2.45, 2.75) is 6.10 Å². The molecule has 3 N–H and O–H groups in total. The average molecular weight is 326 g/mol. The van der Waals surface area contributed by atoms with Crippen molar-refractivity contribution >= 4 is 11.7 Å². The first-order chi connectivity index (χ1) is 11.6. The molecule has 0 saturated heterocycles. The van der Waals surface area contributed by atoms with Crippen molar-refractivity contribution in [2.24, 2.45) is 7.05 Å². The van der Waals surface area contributed by atoms with Gasteiger partial charge in [0.15, 0.2) is 0 Å². The lowest BCUT2D eigenvalue weighted by Crippen LogP contribution is -2.32. The van der Waals surface area contributed by atoms with Gasteiger partial charge in [0.05, 0.1) is 12.8 Å². The fraction of sp³-hybridized carbons (Fsp3) is 0.176. The third-order valence-electron chi connectivity index (χ3n) is 3.53. The summed E-state index contributed by atoms with van der Waals surface area (Å²) in [6, 6.07) is 10.3. The number of anilines is 1. The molecule has 0 unspecified atom stereocenters. The van der Waals surface area contributed by atoms with Gasteiger partial charge in [-0.1, -0.05) is 12.1 Å². The molecule has 0 aliphatic heterocycles. The Bertz CT molecular complexity index is 811. The van der Waals surface area contributed by atoms with Crippen LogP contribution in [0.25, 0.3) is 11.4 Å². The summed E-state index contributed by atoms with van der Waals surface area (Å²) in [7, 11) is 1.91. The van der Waals surface area contributed by atoms with Gasteiger partial charge in [-0.05, 0) is 24.3 Å². The van der Waals surface area contributed by atoms with Gasteiger partial charge in [-0.15, -0.1) is 0 Å². The molecule has 2 amide bonds. The van der Waals surface area contributed by atoms with Gasteiger partial charge in [0.1, 0.15) is 17.7 Å². The monoisotopic (exact) mass is 326 g/mol. The number of aryl methyl sites for hydroxylation is 1. The Morgan fingerprint density at radius 1 is 1.38 bits per heavy atom. The number of rotatable bonds is 5. The minimum atomic E-state index is -0.885. The average Bonchev–Trinajstić information content (AvgIpc) is 3.24. The number of hydrogen-bond donors (Lipinski definition) is 3. The molecule has 0 aliphatic rings. The molecule has 0 spiro atoms. The molecule has 3 rings (SSSR count). The second kappa shape index (κ2) is 7.01. The van der Waals surface area contributed by atoms with Gasteiger partial charge in [0.25, 0.3) is 0 Å². The minimum Gasteiger partial charge on any atom is -0.467 e. The van der Waals surface area contributed by atoms with E-state index in [4.69, 9.17) is 4.42 Å². The molecule has 7 heteroatoms. The van der Waals surface area contributed by atoms with Crippen LogP contribution in [-0.2, 0) is 7.05 Å². The highest BCUT2D eigenvalue weighted by Gasteiger charge is 2.12. The second-order valence-corrected chi connectivity index (χ2v) is 5.31. The second-order valence-electron chi connectivity index (χ2n) is 5.31. The van der Waals surface area contributed by atoms with Crippen molar-refractivity contribution in [2.75, 3.05) is 11.9 Å². The molecule has 24 heavy (non-hydrogen) atoms. The molecule has 7 nitrogen and oxygen atoms in total. The van der Waals surface area contributed by atoms with Gasteiger partial charge in [0.2, 0.25) is 0 Å². The first-order valence-corrected chi connectivity index (χ1v) is 7.47. The van der Waals surface area contributed by atoms with E-state index in [0.717, 1.165) is 11.4 Å². The zero-order valence-electron chi connectivity index (χ0n) is 13.1. The van der Waals surface area contributed by atoms with Crippen LogP contribution in [0.2, 0.25) is 0 Å². The minimum absolute atomic E-state index is 0.0540. The molecular formula is C17H18N4O3. The zero-order valence-corrected chi connectivity index (χ0v) is 13.1. The molecule has 124 valence electrons. The number of urea groups is 1. The zero-order chi connectivity index (χ0) is 16.9. The maximum Gasteiger partial charge on any atom is 0.319 e. The molecule has 0 bridgehead atoms. The van der Waals surface area contributed by atoms with Crippen LogP contribution >= 0.6 is 0 Å². The smallest absolute Gasteiger partial charge is 0.319 e. The number of furan rings is 1. The van der Waals surface area contributed by atoms with E-state index in [-0.39, 0.29) is 6.54 Å². The number of amides is 2. The summed E-state index contributed by atoms with van der Waals surface area (Å²) >= 11 is 0. The summed E-state index contributed by atoms with van der Waals surface area (Å²) in [5, 5.41) is 15.2. The van der Waals surface area contributed by atoms with E-state index in [0.29, 0.717) is 11.4 Å². The molecule has 2 heterocycles. The summed E-state index contributed by atoms with van der Waals surface area (Å²) < 4.78 is 6.98. The van der Waals surface area contributed by atoms with Gasteiger partial charge >= 0.3 is 6.03 Å². The van der Waals surface area contributed by atoms with Crippen LogP contribution in [0.5, 0.6) is 0 Å². The standard InChI is InChI=1S/C17H18N4O3/c1-21-8-7-18-16(21)12-4-2-5-13(10-12)20-17(23)19-11-14(22)15-6-3-9-24-15/h2-10,14,22H,11H2,1H3,(H2,19,20,23)/t14-/m0/s1. The molecule has 3 aromatic rings. The van der Waals surface area contributed by atoms with Crippen molar-refractivity contribution in [1.82, 2.24) is 14.9 Å². The number of carbonyl (C=O) groups is 1. The Morgan fingerprint density at radius 3 is 2.96 bits per heavy atom. The van der Waals surface area contributed by atoms with Crippen molar-refractivity contribution < 1.29 is 14.3 Å². The van der Waals surface area contributed by atoms with E-state index in [2.05, 4.69) is 15.6 Å². The molecule has 1 atom stereocenters. The first kappa shape index (κ1) is 15.8. The van der Waals surface area contributed by atoms with E-state index < -0.39 is 12.1 Å². The van der Waals surface area contributed by atoms with Gasteiger partial charge in [0, 0.05) is 30.7 Å². The van der Waals surface area contributed by atoms with Crippen LogP contribution in [0, 0.1) is 0 Å². The number of carbonyl (C=O) groups excluding carboxylic acids is 1. The lowest BCUT2D eigenvalue weighted by molar-refractivity contribution is 0.149. The lowest BCUT2D eigenvalue weighted by atomic mass is 10.2. The summed E-state index contributed by atoms with van der Waals surface area (Å²) in [4.78, 5) is 16.3. The van der Waals surface area contributed by atoms with Crippen molar-refractivity contribution in [3.05, 3.63) is 60.8 Å². The Labute approximate surface area is 138 Å².